The minimum atomic E-state index is 0.147. The summed E-state index contributed by atoms with van der Waals surface area (Å²) in [6.45, 7) is 5.45. The Bertz CT molecular complexity index is 469. The van der Waals surface area contributed by atoms with Crippen LogP contribution >= 0.6 is 0 Å². The van der Waals surface area contributed by atoms with E-state index >= 15 is 0 Å². The molecular weight excluding hydrogens is 236 g/mol. The molecule has 3 N–H and O–H groups in total. The summed E-state index contributed by atoms with van der Waals surface area (Å²) in [6, 6.07) is 5.98. The molecule has 104 valence electrons. The predicted molar refractivity (Wildman–Crippen MR) is 81.1 cm³/mol. The third-order valence-corrected chi connectivity index (χ3v) is 3.93. The Balaban J connectivity index is 2.18. The summed E-state index contributed by atoms with van der Waals surface area (Å²) in [5.41, 5.74) is 8.82. The normalized spacial score (nSPS) is 19.6. The van der Waals surface area contributed by atoms with Gasteiger partial charge in [0.25, 0.3) is 0 Å². The lowest BCUT2D eigenvalue weighted by Crippen LogP contribution is -2.29. The highest BCUT2D eigenvalue weighted by Gasteiger charge is 2.22. The molecule has 1 aliphatic rings. The summed E-state index contributed by atoms with van der Waals surface area (Å²) >= 11 is 0. The van der Waals surface area contributed by atoms with Gasteiger partial charge in [0.2, 0.25) is 0 Å². The van der Waals surface area contributed by atoms with Crippen molar-refractivity contribution < 1.29 is 0 Å². The van der Waals surface area contributed by atoms with Crippen LogP contribution in [-0.2, 0) is 0 Å². The van der Waals surface area contributed by atoms with Gasteiger partial charge in [-0.3, -0.25) is 5.41 Å². The van der Waals surface area contributed by atoms with E-state index in [0.717, 1.165) is 24.3 Å². The van der Waals surface area contributed by atoms with Gasteiger partial charge in [0.05, 0.1) is 5.69 Å². The van der Waals surface area contributed by atoms with Gasteiger partial charge in [-0.2, -0.15) is 0 Å². The molecule has 1 unspecified atom stereocenters. The summed E-state index contributed by atoms with van der Waals surface area (Å²) in [5.74, 6) is 0.850. The molecule has 1 aliphatic heterocycles. The van der Waals surface area contributed by atoms with Gasteiger partial charge in [-0.05, 0) is 44.5 Å². The van der Waals surface area contributed by atoms with E-state index in [1.165, 1.54) is 18.5 Å². The van der Waals surface area contributed by atoms with E-state index in [-0.39, 0.29) is 5.84 Å². The Morgan fingerprint density at radius 1 is 1.53 bits per heavy atom. The van der Waals surface area contributed by atoms with Gasteiger partial charge in [-0.1, -0.05) is 12.1 Å². The standard InChI is InChI=1S/C15H24N4/c1-11-5-4-6-13(15(16)17)14(11)19(3)10-12-7-8-18(2)9-12/h4-6,12H,7-10H2,1-3H3,(H3,16,17). The van der Waals surface area contributed by atoms with Crippen LogP contribution in [0.4, 0.5) is 5.69 Å². The number of rotatable bonds is 4. The maximum absolute atomic E-state index is 7.73. The second-order valence-electron chi connectivity index (χ2n) is 5.68. The summed E-state index contributed by atoms with van der Waals surface area (Å²) < 4.78 is 0. The largest absolute Gasteiger partial charge is 0.384 e. The maximum Gasteiger partial charge on any atom is 0.124 e. The first-order valence-corrected chi connectivity index (χ1v) is 6.82. The van der Waals surface area contributed by atoms with Gasteiger partial charge in [0, 0.05) is 25.7 Å². The number of nitrogen functional groups attached to an aromatic ring is 1. The van der Waals surface area contributed by atoms with Crippen LogP contribution in [0.5, 0.6) is 0 Å². The third-order valence-electron chi connectivity index (χ3n) is 3.93. The molecule has 1 heterocycles. The van der Waals surface area contributed by atoms with E-state index in [1.54, 1.807) is 0 Å². The van der Waals surface area contributed by atoms with Crippen molar-refractivity contribution in [2.45, 2.75) is 13.3 Å². The van der Waals surface area contributed by atoms with E-state index in [4.69, 9.17) is 11.1 Å². The molecule has 1 fully saturated rings. The van der Waals surface area contributed by atoms with E-state index in [0.29, 0.717) is 5.92 Å². The fraction of sp³-hybridized carbons (Fsp3) is 0.533. The quantitative estimate of drug-likeness (QED) is 0.639. The summed E-state index contributed by atoms with van der Waals surface area (Å²) in [5, 5.41) is 7.73. The molecule has 0 saturated carbocycles. The predicted octanol–water partition coefficient (Wildman–Crippen LogP) is 1.67. The second kappa shape index (κ2) is 5.61. The van der Waals surface area contributed by atoms with E-state index in [1.807, 2.05) is 12.1 Å². The van der Waals surface area contributed by atoms with Gasteiger partial charge in [0.1, 0.15) is 5.84 Å². The average Bonchev–Trinajstić information content (AvgIpc) is 2.74. The van der Waals surface area contributed by atoms with Crippen molar-refractivity contribution in [2.75, 3.05) is 38.6 Å². The molecule has 1 aromatic rings. The number of likely N-dealkylation sites (tertiary alicyclic amines) is 1. The molecule has 19 heavy (non-hydrogen) atoms. The number of nitrogens with zero attached hydrogens (tertiary/aromatic N) is 2. The molecule has 0 aliphatic carbocycles. The van der Waals surface area contributed by atoms with Crippen molar-refractivity contribution in [1.82, 2.24) is 4.90 Å². The van der Waals surface area contributed by atoms with Crippen LogP contribution in [0.25, 0.3) is 0 Å². The Kier molecular flexibility index (Phi) is 4.10. The first kappa shape index (κ1) is 13.9. The van der Waals surface area contributed by atoms with Crippen LogP contribution in [0.15, 0.2) is 18.2 Å². The molecule has 4 heteroatoms. The highest BCUT2D eigenvalue weighted by atomic mass is 15.2. The SMILES string of the molecule is Cc1cccc(C(=N)N)c1N(C)CC1CCN(C)C1. The zero-order chi connectivity index (χ0) is 14.0. The van der Waals surface area contributed by atoms with Crippen LogP contribution in [0.1, 0.15) is 17.5 Å². The minimum absolute atomic E-state index is 0.147. The Morgan fingerprint density at radius 3 is 2.84 bits per heavy atom. The highest BCUT2D eigenvalue weighted by molar-refractivity contribution is 6.01. The van der Waals surface area contributed by atoms with Gasteiger partial charge in [0.15, 0.2) is 0 Å². The Hall–Kier alpha value is -1.55. The fourth-order valence-electron chi connectivity index (χ4n) is 3.04. The van der Waals surface area contributed by atoms with Gasteiger partial charge >= 0.3 is 0 Å². The highest BCUT2D eigenvalue weighted by Crippen LogP contribution is 2.26. The van der Waals surface area contributed by atoms with Crippen molar-refractivity contribution in [1.29, 1.82) is 5.41 Å². The number of nitrogens with two attached hydrogens (primary N) is 1. The topological polar surface area (TPSA) is 56.4 Å². The third kappa shape index (κ3) is 3.07. The molecule has 4 nitrogen and oxygen atoms in total. The number of hydrogen-bond donors (Lipinski definition) is 2. The van der Waals surface area contributed by atoms with Crippen molar-refractivity contribution in [3.63, 3.8) is 0 Å². The molecular formula is C15H24N4. The summed E-state index contributed by atoms with van der Waals surface area (Å²) in [7, 11) is 4.28. The van der Waals surface area contributed by atoms with Crippen LogP contribution in [0.2, 0.25) is 0 Å². The van der Waals surface area contributed by atoms with Crippen molar-refractivity contribution in [2.24, 2.45) is 11.7 Å². The molecule has 2 rings (SSSR count). The number of nitrogens with one attached hydrogen (secondary N) is 1. The molecule has 1 aromatic carbocycles. The van der Waals surface area contributed by atoms with Crippen LogP contribution < -0.4 is 10.6 Å². The first-order valence-electron chi connectivity index (χ1n) is 6.82. The minimum Gasteiger partial charge on any atom is -0.384 e. The van der Waals surface area contributed by atoms with Crippen LogP contribution in [0, 0.1) is 18.3 Å². The fourth-order valence-corrected chi connectivity index (χ4v) is 3.04. The van der Waals surface area contributed by atoms with Crippen LogP contribution in [-0.4, -0.2) is 44.5 Å². The van der Waals surface area contributed by atoms with Crippen molar-refractivity contribution in [3.05, 3.63) is 29.3 Å². The maximum atomic E-state index is 7.73. The second-order valence-corrected chi connectivity index (χ2v) is 5.68. The van der Waals surface area contributed by atoms with E-state index in [9.17, 15) is 0 Å². The Labute approximate surface area is 115 Å². The summed E-state index contributed by atoms with van der Waals surface area (Å²) in [4.78, 5) is 4.64. The molecule has 1 saturated heterocycles. The van der Waals surface area contributed by atoms with Gasteiger partial charge < -0.3 is 15.5 Å². The number of anilines is 1. The van der Waals surface area contributed by atoms with Gasteiger partial charge in [-0.25, -0.2) is 0 Å². The molecule has 1 atom stereocenters. The molecule has 0 amide bonds. The number of amidine groups is 1. The number of aryl methyl sites for hydroxylation is 1. The monoisotopic (exact) mass is 260 g/mol. The smallest absolute Gasteiger partial charge is 0.124 e. The number of hydrogen-bond acceptors (Lipinski definition) is 3. The molecule has 0 spiro atoms. The lowest BCUT2D eigenvalue weighted by atomic mass is 10.0. The lowest BCUT2D eigenvalue weighted by Gasteiger charge is -2.27. The molecule has 0 bridgehead atoms. The molecule has 0 radical (unpaired) electrons. The zero-order valence-corrected chi connectivity index (χ0v) is 12.1. The first-order chi connectivity index (χ1) is 8.99. The zero-order valence-electron chi connectivity index (χ0n) is 12.1. The van der Waals surface area contributed by atoms with Crippen LogP contribution in [0.3, 0.4) is 0 Å². The van der Waals surface area contributed by atoms with E-state index in [2.05, 4.69) is 36.9 Å². The number of benzene rings is 1. The van der Waals surface area contributed by atoms with Crippen molar-refractivity contribution in [3.8, 4) is 0 Å². The average molecular weight is 260 g/mol. The van der Waals surface area contributed by atoms with E-state index < -0.39 is 0 Å². The van der Waals surface area contributed by atoms with Crippen molar-refractivity contribution >= 4 is 11.5 Å². The number of para-hydroxylation sites is 1. The Morgan fingerprint density at radius 2 is 2.26 bits per heavy atom. The molecule has 0 aromatic heterocycles. The lowest BCUT2D eigenvalue weighted by molar-refractivity contribution is 0.396. The van der Waals surface area contributed by atoms with Gasteiger partial charge in [-0.15, -0.1) is 0 Å². The summed E-state index contributed by atoms with van der Waals surface area (Å²) in [6.07, 6.45) is 1.25.